The molecule has 12 heteroatoms. The molecule has 1 aliphatic heterocycles. The number of hydrogen-bond donors (Lipinski definition) is 4. The average molecular weight is 471 g/mol. The van der Waals surface area contributed by atoms with Crippen LogP contribution in [-0.2, 0) is 29.6 Å². The van der Waals surface area contributed by atoms with Gasteiger partial charge in [-0.15, -0.1) is 0 Å². The van der Waals surface area contributed by atoms with Gasteiger partial charge in [0.1, 0.15) is 35.8 Å². The second-order valence-corrected chi connectivity index (χ2v) is 8.92. The first-order chi connectivity index (χ1) is 14.9. The number of benzene rings is 1. The van der Waals surface area contributed by atoms with Crippen LogP contribution in [-0.4, -0.2) is 71.3 Å². The number of rotatable bonds is 2. The van der Waals surface area contributed by atoms with E-state index in [1.54, 1.807) is 20.8 Å². The number of carbonyl (C=O) groups is 4. The number of nitrogens with one attached hydrogen (secondary N) is 2. The molecule has 1 aromatic rings. The minimum atomic E-state index is -1.39. The molecule has 32 heavy (non-hydrogen) atoms. The third-order valence-corrected chi connectivity index (χ3v) is 5.21. The van der Waals surface area contributed by atoms with Gasteiger partial charge in [-0.25, -0.2) is 14.4 Å². The lowest BCUT2D eigenvalue weighted by Gasteiger charge is -2.25. The van der Waals surface area contributed by atoms with Gasteiger partial charge in [0, 0.05) is 23.1 Å². The molecule has 2 amide bonds. The first-order valence-corrected chi connectivity index (χ1v) is 10.7. The molecule has 1 aromatic carbocycles. The summed E-state index contributed by atoms with van der Waals surface area (Å²) >= 11 is 1.13. The van der Waals surface area contributed by atoms with Gasteiger partial charge in [-0.05, 0) is 26.8 Å². The van der Waals surface area contributed by atoms with Crippen LogP contribution in [0, 0.1) is 0 Å². The van der Waals surface area contributed by atoms with E-state index in [4.69, 9.17) is 14.2 Å². The van der Waals surface area contributed by atoms with E-state index >= 15 is 0 Å². The maximum Gasteiger partial charge on any atom is 0.408 e. The first kappa shape index (κ1) is 25.1. The van der Waals surface area contributed by atoms with Gasteiger partial charge in [-0.2, -0.15) is 11.8 Å². The van der Waals surface area contributed by atoms with Crippen molar-refractivity contribution in [1.82, 2.24) is 10.6 Å². The Morgan fingerprint density at radius 3 is 2.56 bits per heavy atom. The van der Waals surface area contributed by atoms with Crippen molar-refractivity contribution in [1.29, 1.82) is 0 Å². The Morgan fingerprint density at radius 2 is 1.94 bits per heavy atom. The van der Waals surface area contributed by atoms with Gasteiger partial charge in [0.2, 0.25) is 5.91 Å². The monoisotopic (exact) mass is 470 g/mol. The normalized spacial score (nSPS) is 19.9. The molecule has 0 radical (unpaired) electrons. The van der Waals surface area contributed by atoms with E-state index in [1.807, 2.05) is 0 Å². The van der Waals surface area contributed by atoms with Crippen molar-refractivity contribution < 1.29 is 43.6 Å². The average Bonchev–Trinajstić information content (AvgIpc) is 2.68. The number of thioether (sulfide) groups is 1. The van der Waals surface area contributed by atoms with Crippen LogP contribution in [0.5, 0.6) is 11.5 Å². The number of esters is 2. The van der Waals surface area contributed by atoms with Crippen molar-refractivity contribution in [3.8, 4) is 11.5 Å². The predicted molar refractivity (Wildman–Crippen MR) is 113 cm³/mol. The topological polar surface area (TPSA) is 160 Å². The maximum atomic E-state index is 12.8. The first-order valence-electron chi connectivity index (χ1n) is 9.58. The van der Waals surface area contributed by atoms with Crippen LogP contribution in [0.1, 0.15) is 36.7 Å². The highest BCUT2D eigenvalue weighted by Crippen LogP contribution is 2.31. The second kappa shape index (κ2) is 10.4. The zero-order chi connectivity index (χ0) is 24.1. The highest BCUT2D eigenvalue weighted by atomic mass is 32.2. The minimum absolute atomic E-state index is 0.0480. The summed E-state index contributed by atoms with van der Waals surface area (Å²) < 4.78 is 15.0. The van der Waals surface area contributed by atoms with Gasteiger partial charge in [0.15, 0.2) is 0 Å². The van der Waals surface area contributed by atoms with E-state index < -0.39 is 48.2 Å². The SMILES string of the molecule is COC(=O)[C@@H]1CSCc2c(O)cc(O)cc2C(=O)OC[C@@H](NC(=O)OC(C)(C)C)C(=O)N1. The fourth-order valence-electron chi connectivity index (χ4n) is 2.71. The zero-order valence-electron chi connectivity index (χ0n) is 18.1. The molecule has 11 nitrogen and oxygen atoms in total. The number of aromatic hydroxyl groups is 2. The van der Waals surface area contributed by atoms with E-state index in [9.17, 15) is 29.4 Å². The molecule has 0 fully saturated rings. The number of ether oxygens (including phenoxy) is 3. The van der Waals surface area contributed by atoms with Gasteiger partial charge < -0.3 is 35.1 Å². The largest absolute Gasteiger partial charge is 0.508 e. The Hall–Kier alpha value is -3.15. The third kappa shape index (κ3) is 6.94. The van der Waals surface area contributed by atoms with Crippen molar-refractivity contribution in [2.75, 3.05) is 19.5 Å². The van der Waals surface area contributed by atoms with E-state index in [1.165, 1.54) is 0 Å². The number of hydrogen-bond acceptors (Lipinski definition) is 10. The summed E-state index contributed by atoms with van der Waals surface area (Å²) in [6.45, 7) is 4.30. The van der Waals surface area contributed by atoms with Crippen molar-refractivity contribution in [2.45, 2.75) is 44.2 Å². The summed E-state index contributed by atoms with van der Waals surface area (Å²) in [5, 5.41) is 24.7. The summed E-state index contributed by atoms with van der Waals surface area (Å²) in [5.74, 6) is -2.98. The fourth-order valence-corrected chi connectivity index (χ4v) is 3.79. The number of phenols is 2. The third-order valence-electron chi connectivity index (χ3n) is 4.15. The van der Waals surface area contributed by atoms with Gasteiger partial charge in [-0.3, -0.25) is 4.79 Å². The smallest absolute Gasteiger partial charge is 0.408 e. The summed E-state index contributed by atoms with van der Waals surface area (Å²) in [7, 11) is 1.16. The van der Waals surface area contributed by atoms with Gasteiger partial charge in [0.25, 0.3) is 0 Å². The van der Waals surface area contributed by atoms with Crippen LogP contribution in [0.25, 0.3) is 0 Å². The van der Waals surface area contributed by atoms with Crippen LogP contribution in [0.15, 0.2) is 12.1 Å². The number of cyclic esters (lactones) is 1. The molecule has 0 aromatic heterocycles. The zero-order valence-corrected chi connectivity index (χ0v) is 18.9. The van der Waals surface area contributed by atoms with Gasteiger partial charge in [0.05, 0.1) is 12.7 Å². The molecule has 1 aliphatic rings. The van der Waals surface area contributed by atoms with Crippen LogP contribution >= 0.6 is 11.8 Å². The quantitative estimate of drug-likeness (QED) is 0.363. The molecule has 0 aliphatic carbocycles. The fraction of sp³-hybridized carbons (Fsp3) is 0.500. The van der Waals surface area contributed by atoms with E-state index in [0.717, 1.165) is 31.0 Å². The van der Waals surface area contributed by atoms with Crippen molar-refractivity contribution in [2.24, 2.45) is 0 Å². The summed E-state index contributed by atoms with van der Waals surface area (Å²) in [4.78, 5) is 49.7. The standard InChI is InChI=1S/C20H26N2O9S/c1-20(2,3)31-19(28)22-13-7-30-17(26)11-5-10(23)6-15(24)12(11)8-32-9-14(18(27)29-4)21-16(13)25/h5-6,13-14,23-24H,7-9H2,1-4H3,(H,21,25)(H,22,28)/t13-,14+/m1/s1. The Bertz CT molecular complexity index is 898. The lowest BCUT2D eigenvalue weighted by atomic mass is 10.1. The van der Waals surface area contributed by atoms with Crippen molar-refractivity contribution in [3.05, 3.63) is 23.3 Å². The number of alkyl carbamates (subject to hydrolysis) is 1. The number of methoxy groups -OCH3 is 1. The maximum absolute atomic E-state index is 12.8. The van der Waals surface area contributed by atoms with E-state index in [0.29, 0.717) is 0 Å². The highest BCUT2D eigenvalue weighted by Gasteiger charge is 2.31. The number of carbonyl (C=O) groups excluding carboxylic acids is 4. The molecule has 0 saturated carbocycles. The molecule has 176 valence electrons. The van der Waals surface area contributed by atoms with E-state index in [2.05, 4.69) is 10.6 Å². The Labute approximate surface area is 188 Å². The molecule has 0 spiro atoms. The van der Waals surface area contributed by atoms with Crippen LogP contribution < -0.4 is 10.6 Å². The summed E-state index contributed by atoms with van der Waals surface area (Å²) in [6.07, 6.45) is -0.930. The van der Waals surface area contributed by atoms with Crippen molar-refractivity contribution >= 4 is 35.7 Å². The summed E-state index contributed by atoms with van der Waals surface area (Å²) in [6, 6.07) is -0.263. The molecular weight excluding hydrogens is 444 g/mol. The number of amides is 2. The molecule has 1 heterocycles. The molecule has 0 unspecified atom stereocenters. The van der Waals surface area contributed by atoms with E-state index in [-0.39, 0.29) is 34.1 Å². The molecule has 4 N–H and O–H groups in total. The van der Waals surface area contributed by atoms with Crippen LogP contribution in [0.4, 0.5) is 4.79 Å². The lowest BCUT2D eigenvalue weighted by Crippen LogP contribution is -2.55. The van der Waals surface area contributed by atoms with Gasteiger partial charge >= 0.3 is 18.0 Å². The molecular formula is C20H26N2O9S. The second-order valence-electron chi connectivity index (χ2n) is 7.89. The van der Waals surface area contributed by atoms with Crippen LogP contribution in [0.3, 0.4) is 0 Å². The van der Waals surface area contributed by atoms with Gasteiger partial charge in [-0.1, -0.05) is 0 Å². The molecule has 0 saturated heterocycles. The van der Waals surface area contributed by atoms with Crippen molar-refractivity contribution in [3.63, 3.8) is 0 Å². The predicted octanol–water partition coefficient (Wildman–Crippen LogP) is 1.05. The number of phenolic OH excluding ortho intramolecular Hbond substituents is 2. The lowest BCUT2D eigenvalue weighted by molar-refractivity contribution is -0.144. The minimum Gasteiger partial charge on any atom is -0.508 e. The van der Waals surface area contributed by atoms with Crippen LogP contribution in [0.2, 0.25) is 0 Å². The Morgan fingerprint density at radius 1 is 1.25 bits per heavy atom. The molecule has 2 rings (SSSR count). The summed E-state index contributed by atoms with van der Waals surface area (Å²) in [5.41, 5.74) is -0.770. The molecule has 2 atom stereocenters. The highest BCUT2D eigenvalue weighted by molar-refractivity contribution is 7.98. The Balaban J connectivity index is 2.36. The Kier molecular flexibility index (Phi) is 8.19. The number of fused-ring (bicyclic) bond motifs is 1. The molecule has 0 bridgehead atoms.